The van der Waals surface area contributed by atoms with Gasteiger partial charge in [0.25, 0.3) is 0 Å². The van der Waals surface area contributed by atoms with Crippen molar-refractivity contribution in [2.24, 2.45) is 0 Å². The summed E-state index contributed by atoms with van der Waals surface area (Å²) < 4.78 is 0. The van der Waals surface area contributed by atoms with Crippen LogP contribution in [-0.2, 0) is 0 Å². The molecule has 0 spiro atoms. The lowest BCUT2D eigenvalue weighted by atomic mass is 9.97. The van der Waals surface area contributed by atoms with E-state index >= 15 is 0 Å². The van der Waals surface area contributed by atoms with Gasteiger partial charge in [0.05, 0.1) is 5.52 Å². The highest BCUT2D eigenvalue weighted by Gasteiger charge is 2.10. The van der Waals surface area contributed by atoms with Gasteiger partial charge in [-0.15, -0.1) is 0 Å². The summed E-state index contributed by atoms with van der Waals surface area (Å²) in [5.74, 6) is 0. The first-order valence-corrected chi connectivity index (χ1v) is 6.62. The van der Waals surface area contributed by atoms with Gasteiger partial charge in [0.2, 0.25) is 0 Å². The number of nitrogens with zero attached hydrogens (tertiary/aromatic N) is 2. The van der Waals surface area contributed by atoms with E-state index in [1.807, 2.05) is 24.3 Å². The van der Waals surface area contributed by atoms with Crippen LogP contribution in [0.15, 0.2) is 72.9 Å². The summed E-state index contributed by atoms with van der Waals surface area (Å²) in [5, 5.41) is 2.26. The molecule has 0 radical (unpaired) electrons. The first-order valence-electron chi connectivity index (χ1n) is 6.62. The minimum absolute atomic E-state index is 0.796. The van der Waals surface area contributed by atoms with Crippen LogP contribution in [0.3, 0.4) is 0 Å². The van der Waals surface area contributed by atoms with Crippen LogP contribution in [0.2, 0.25) is 0 Å². The fourth-order valence-electron chi connectivity index (χ4n) is 2.64. The van der Waals surface area contributed by atoms with Crippen LogP contribution in [0.1, 0.15) is 0 Å². The molecule has 4 aromatic rings. The van der Waals surface area contributed by atoms with Gasteiger partial charge in [0.15, 0.2) is 5.65 Å². The van der Waals surface area contributed by atoms with E-state index in [1.165, 1.54) is 16.5 Å². The Morgan fingerprint density at radius 2 is 1.40 bits per heavy atom. The van der Waals surface area contributed by atoms with Crippen LogP contribution in [0.25, 0.3) is 33.1 Å². The number of aromatic nitrogens is 2. The van der Waals surface area contributed by atoms with Gasteiger partial charge in [-0.2, -0.15) is 0 Å². The van der Waals surface area contributed by atoms with Crippen molar-refractivity contribution >= 4 is 21.9 Å². The summed E-state index contributed by atoms with van der Waals surface area (Å²) >= 11 is 0. The van der Waals surface area contributed by atoms with E-state index in [2.05, 4.69) is 52.4 Å². The zero-order chi connectivity index (χ0) is 13.4. The van der Waals surface area contributed by atoms with Crippen molar-refractivity contribution in [3.8, 4) is 11.1 Å². The zero-order valence-corrected chi connectivity index (χ0v) is 10.8. The highest BCUT2D eigenvalue weighted by Crippen LogP contribution is 2.33. The molecule has 0 fully saturated rings. The number of para-hydroxylation sites is 1. The molecule has 2 heteroatoms. The molecule has 0 aliphatic rings. The molecule has 0 aliphatic heterocycles. The van der Waals surface area contributed by atoms with Crippen molar-refractivity contribution in [3.63, 3.8) is 0 Å². The van der Waals surface area contributed by atoms with Crippen molar-refractivity contribution in [1.29, 1.82) is 0 Å². The van der Waals surface area contributed by atoms with Gasteiger partial charge < -0.3 is 0 Å². The molecule has 4 rings (SSSR count). The van der Waals surface area contributed by atoms with Crippen molar-refractivity contribution in [3.05, 3.63) is 72.9 Å². The molecular formula is C18H12N2. The second-order valence-electron chi connectivity index (χ2n) is 4.74. The number of benzene rings is 2. The molecule has 0 saturated carbocycles. The summed E-state index contributed by atoms with van der Waals surface area (Å²) in [6.45, 7) is 0. The van der Waals surface area contributed by atoms with Crippen molar-refractivity contribution in [1.82, 2.24) is 9.97 Å². The standard InChI is InChI=1S/C18H12N2/c1-2-7-13(8-3-1)17-14-9-4-5-11-16(14)20-18-15(17)10-6-12-19-18/h1-12H. The third-order valence-corrected chi connectivity index (χ3v) is 3.52. The minimum Gasteiger partial charge on any atom is -0.237 e. The van der Waals surface area contributed by atoms with E-state index in [4.69, 9.17) is 0 Å². The van der Waals surface area contributed by atoms with Crippen molar-refractivity contribution in [2.75, 3.05) is 0 Å². The van der Waals surface area contributed by atoms with Gasteiger partial charge in [-0.25, -0.2) is 9.97 Å². The second-order valence-corrected chi connectivity index (χ2v) is 4.74. The summed E-state index contributed by atoms with van der Waals surface area (Å²) in [6, 6.07) is 22.7. The third kappa shape index (κ3) is 1.66. The quantitative estimate of drug-likeness (QED) is 0.470. The largest absolute Gasteiger partial charge is 0.237 e. The first-order chi connectivity index (χ1) is 9.93. The topological polar surface area (TPSA) is 25.8 Å². The molecule has 94 valence electrons. The van der Waals surface area contributed by atoms with Crippen molar-refractivity contribution in [2.45, 2.75) is 0 Å². The van der Waals surface area contributed by atoms with E-state index in [0.717, 1.165) is 16.6 Å². The Balaban J connectivity index is 2.24. The maximum absolute atomic E-state index is 4.65. The molecule has 0 amide bonds. The Morgan fingerprint density at radius 1 is 0.650 bits per heavy atom. The first kappa shape index (κ1) is 11.1. The van der Waals surface area contributed by atoms with Gasteiger partial charge >= 0.3 is 0 Å². The predicted molar refractivity (Wildman–Crippen MR) is 82.5 cm³/mol. The zero-order valence-electron chi connectivity index (χ0n) is 10.8. The maximum Gasteiger partial charge on any atom is 0.160 e. The molecule has 0 bridgehead atoms. The fourth-order valence-corrected chi connectivity index (χ4v) is 2.64. The SMILES string of the molecule is c1ccc(-c2c3ccccc3nc3ncccc23)cc1. The summed E-state index contributed by atoms with van der Waals surface area (Å²) in [5.41, 5.74) is 4.19. The summed E-state index contributed by atoms with van der Waals surface area (Å²) in [7, 11) is 0. The molecule has 0 aliphatic carbocycles. The van der Waals surface area contributed by atoms with Crippen LogP contribution in [-0.4, -0.2) is 9.97 Å². The van der Waals surface area contributed by atoms with Gasteiger partial charge in [-0.3, -0.25) is 0 Å². The highest BCUT2D eigenvalue weighted by atomic mass is 14.8. The lowest BCUT2D eigenvalue weighted by Gasteiger charge is -2.10. The Kier molecular flexibility index (Phi) is 2.46. The van der Waals surface area contributed by atoms with Crippen LogP contribution < -0.4 is 0 Å². The van der Waals surface area contributed by atoms with Crippen LogP contribution in [0.5, 0.6) is 0 Å². The lowest BCUT2D eigenvalue weighted by molar-refractivity contribution is 1.32. The number of pyridine rings is 2. The normalized spacial score (nSPS) is 11.0. The second kappa shape index (κ2) is 4.42. The van der Waals surface area contributed by atoms with Gasteiger partial charge in [-0.05, 0) is 23.8 Å². The Labute approximate surface area is 116 Å². The average molecular weight is 256 g/mol. The molecule has 2 aromatic carbocycles. The number of rotatable bonds is 1. The number of hydrogen-bond acceptors (Lipinski definition) is 2. The molecule has 0 saturated heterocycles. The van der Waals surface area contributed by atoms with Crippen LogP contribution in [0, 0.1) is 0 Å². The van der Waals surface area contributed by atoms with E-state index < -0.39 is 0 Å². The highest BCUT2D eigenvalue weighted by molar-refractivity contribution is 6.08. The molecule has 2 heterocycles. The van der Waals surface area contributed by atoms with Crippen LogP contribution >= 0.6 is 0 Å². The Hall–Kier alpha value is -2.74. The lowest BCUT2D eigenvalue weighted by Crippen LogP contribution is -1.90. The van der Waals surface area contributed by atoms with E-state index in [-0.39, 0.29) is 0 Å². The van der Waals surface area contributed by atoms with E-state index in [1.54, 1.807) is 6.20 Å². The van der Waals surface area contributed by atoms with Gasteiger partial charge in [-0.1, -0.05) is 48.5 Å². The summed E-state index contributed by atoms with van der Waals surface area (Å²) in [4.78, 5) is 9.06. The predicted octanol–water partition coefficient (Wildman–Crippen LogP) is 4.45. The number of fused-ring (bicyclic) bond motifs is 2. The summed E-state index contributed by atoms with van der Waals surface area (Å²) in [6.07, 6.45) is 1.79. The Morgan fingerprint density at radius 3 is 2.30 bits per heavy atom. The maximum atomic E-state index is 4.65. The van der Waals surface area contributed by atoms with Crippen molar-refractivity contribution < 1.29 is 0 Å². The molecular weight excluding hydrogens is 244 g/mol. The molecule has 0 N–H and O–H groups in total. The average Bonchev–Trinajstić information content (AvgIpc) is 2.53. The molecule has 2 aromatic heterocycles. The molecule has 0 atom stereocenters. The fraction of sp³-hybridized carbons (Fsp3) is 0. The van der Waals surface area contributed by atoms with Gasteiger partial charge in [0.1, 0.15) is 0 Å². The molecule has 2 nitrogen and oxygen atoms in total. The van der Waals surface area contributed by atoms with Crippen LogP contribution in [0.4, 0.5) is 0 Å². The Bertz CT molecular complexity index is 845. The number of hydrogen-bond donors (Lipinski definition) is 0. The van der Waals surface area contributed by atoms with E-state index in [9.17, 15) is 0 Å². The van der Waals surface area contributed by atoms with E-state index in [0.29, 0.717) is 0 Å². The minimum atomic E-state index is 0.796. The third-order valence-electron chi connectivity index (χ3n) is 3.52. The molecule has 20 heavy (non-hydrogen) atoms. The molecule has 0 unspecified atom stereocenters. The smallest absolute Gasteiger partial charge is 0.160 e. The van der Waals surface area contributed by atoms with Gasteiger partial charge in [0, 0.05) is 22.5 Å². The monoisotopic (exact) mass is 256 g/mol.